The Morgan fingerprint density at radius 3 is 2.62 bits per heavy atom. The minimum Gasteiger partial charge on any atom is -0.363 e. The maximum atomic E-state index is 13.7. The first-order chi connectivity index (χ1) is 16.2. The maximum absolute atomic E-state index is 13.7. The van der Waals surface area contributed by atoms with Gasteiger partial charge in [0.1, 0.15) is 0 Å². The van der Waals surface area contributed by atoms with Crippen LogP contribution >= 0.6 is 12.2 Å². The summed E-state index contributed by atoms with van der Waals surface area (Å²) in [5.41, 5.74) is 0.0873. The van der Waals surface area contributed by atoms with E-state index in [1.165, 1.54) is 24.1 Å². The van der Waals surface area contributed by atoms with E-state index in [1.54, 1.807) is 35.2 Å². The van der Waals surface area contributed by atoms with Gasteiger partial charge in [-0.1, -0.05) is 18.2 Å². The van der Waals surface area contributed by atoms with Crippen molar-refractivity contribution in [2.75, 3.05) is 31.6 Å². The molecule has 2 saturated heterocycles. The summed E-state index contributed by atoms with van der Waals surface area (Å²) in [7, 11) is 1.49. The molecule has 34 heavy (non-hydrogen) atoms. The van der Waals surface area contributed by atoms with Gasteiger partial charge in [0.2, 0.25) is 11.8 Å². The van der Waals surface area contributed by atoms with Crippen molar-refractivity contribution in [3.63, 3.8) is 0 Å². The van der Waals surface area contributed by atoms with Crippen molar-refractivity contribution in [3.8, 4) is 0 Å². The fourth-order valence-corrected chi connectivity index (χ4v) is 5.37. The van der Waals surface area contributed by atoms with Crippen LogP contribution in [0, 0.1) is 15.5 Å². The molecule has 0 aliphatic carbocycles. The molecule has 3 amide bonds. The van der Waals surface area contributed by atoms with Crippen LogP contribution in [-0.4, -0.2) is 70.3 Å². The normalized spacial score (nSPS) is 24.0. The lowest BCUT2D eigenvalue weighted by molar-refractivity contribution is -0.384. The molecule has 2 aromatic carbocycles. The predicted molar refractivity (Wildman–Crippen MR) is 126 cm³/mol. The molecule has 3 heterocycles. The molecule has 11 heteroatoms. The number of anilines is 1. The summed E-state index contributed by atoms with van der Waals surface area (Å²) in [5, 5.41) is 14.0. The van der Waals surface area contributed by atoms with E-state index in [0.29, 0.717) is 24.2 Å². The number of benzene rings is 2. The van der Waals surface area contributed by atoms with Crippen LogP contribution in [0.25, 0.3) is 0 Å². The summed E-state index contributed by atoms with van der Waals surface area (Å²) >= 11 is 5.15. The third-order valence-electron chi connectivity index (χ3n) is 6.93. The van der Waals surface area contributed by atoms with Gasteiger partial charge in [-0.3, -0.25) is 29.4 Å². The van der Waals surface area contributed by atoms with Crippen molar-refractivity contribution < 1.29 is 19.3 Å². The van der Waals surface area contributed by atoms with E-state index in [2.05, 4.69) is 5.32 Å². The Labute approximate surface area is 200 Å². The standard InChI is InChI=1S/C23H21N5O5S/c1-25-21(31)23(20(30)24-22(25)34)12-15-11-16(28(32)33)7-8-17(15)27-10-9-26(13-18(23)27)19(29)14-5-3-2-4-6-14/h2-8,11,18H,9-10,12-13H2,1H3,(H,24,30,34). The third-order valence-corrected chi connectivity index (χ3v) is 7.30. The van der Waals surface area contributed by atoms with Crippen LogP contribution in [0.15, 0.2) is 48.5 Å². The Hall–Kier alpha value is -3.86. The molecule has 2 aromatic rings. The van der Waals surface area contributed by atoms with Crippen molar-refractivity contribution in [2.45, 2.75) is 12.5 Å². The zero-order valence-electron chi connectivity index (χ0n) is 18.3. The molecule has 2 fully saturated rings. The second-order valence-electron chi connectivity index (χ2n) is 8.67. The van der Waals surface area contributed by atoms with Crippen molar-refractivity contribution in [2.24, 2.45) is 5.41 Å². The number of fused-ring (bicyclic) bond motifs is 4. The number of amides is 3. The molecular formula is C23H21N5O5S. The number of nitrogens with zero attached hydrogens (tertiary/aromatic N) is 4. The molecule has 2 atom stereocenters. The number of rotatable bonds is 2. The van der Waals surface area contributed by atoms with Crippen molar-refractivity contribution in [1.82, 2.24) is 15.1 Å². The largest absolute Gasteiger partial charge is 0.363 e. The van der Waals surface area contributed by atoms with Gasteiger partial charge in [-0.25, -0.2) is 0 Å². The third kappa shape index (κ3) is 3.15. The Morgan fingerprint density at radius 1 is 1.18 bits per heavy atom. The van der Waals surface area contributed by atoms with E-state index in [4.69, 9.17) is 12.2 Å². The minimum absolute atomic E-state index is 0.00467. The number of hydrogen-bond acceptors (Lipinski definition) is 7. The molecule has 0 radical (unpaired) electrons. The number of non-ortho nitro benzene ring substituents is 1. The second-order valence-corrected chi connectivity index (χ2v) is 9.05. The second kappa shape index (κ2) is 7.87. The van der Waals surface area contributed by atoms with Crippen LogP contribution in [0.2, 0.25) is 0 Å². The Kier molecular flexibility index (Phi) is 5.08. The number of piperazine rings is 1. The number of thiocarbonyl (C=S) groups is 1. The van der Waals surface area contributed by atoms with Crippen LogP contribution in [0.3, 0.4) is 0 Å². The van der Waals surface area contributed by atoms with Crippen LogP contribution in [0.1, 0.15) is 15.9 Å². The summed E-state index contributed by atoms with van der Waals surface area (Å²) in [5.74, 6) is -1.22. The van der Waals surface area contributed by atoms with Crippen molar-refractivity contribution >= 4 is 46.4 Å². The Morgan fingerprint density at radius 2 is 1.91 bits per heavy atom. The molecule has 5 rings (SSSR count). The maximum Gasteiger partial charge on any atom is 0.269 e. The van der Waals surface area contributed by atoms with Gasteiger partial charge >= 0.3 is 0 Å². The fraction of sp³-hybridized carbons (Fsp3) is 0.304. The van der Waals surface area contributed by atoms with Gasteiger partial charge < -0.3 is 15.1 Å². The van der Waals surface area contributed by atoms with E-state index >= 15 is 0 Å². The lowest BCUT2D eigenvalue weighted by Gasteiger charge is -2.55. The highest BCUT2D eigenvalue weighted by Gasteiger charge is 2.62. The van der Waals surface area contributed by atoms with E-state index in [-0.39, 0.29) is 29.7 Å². The summed E-state index contributed by atoms with van der Waals surface area (Å²) < 4.78 is 0. The molecule has 10 nitrogen and oxygen atoms in total. The molecule has 0 aromatic heterocycles. The smallest absolute Gasteiger partial charge is 0.269 e. The lowest BCUT2D eigenvalue weighted by Crippen LogP contribution is -2.74. The molecule has 0 saturated carbocycles. The van der Waals surface area contributed by atoms with Gasteiger partial charge in [-0.15, -0.1) is 0 Å². The average molecular weight is 480 g/mol. The number of nitro benzene ring substituents is 1. The number of carbonyl (C=O) groups excluding carboxylic acids is 3. The van der Waals surface area contributed by atoms with Gasteiger partial charge in [0, 0.05) is 56.5 Å². The van der Waals surface area contributed by atoms with Crippen LogP contribution in [0.5, 0.6) is 0 Å². The highest BCUT2D eigenvalue weighted by atomic mass is 32.1. The van der Waals surface area contributed by atoms with Crippen molar-refractivity contribution in [1.29, 1.82) is 0 Å². The molecule has 1 N–H and O–H groups in total. The first-order valence-corrected chi connectivity index (χ1v) is 11.2. The molecular weight excluding hydrogens is 458 g/mol. The lowest BCUT2D eigenvalue weighted by atomic mass is 9.67. The first-order valence-electron chi connectivity index (χ1n) is 10.8. The monoisotopic (exact) mass is 479 g/mol. The van der Waals surface area contributed by atoms with Crippen molar-refractivity contribution in [3.05, 3.63) is 69.8 Å². The summed E-state index contributed by atoms with van der Waals surface area (Å²) in [6, 6.07) is 12.7. The highest BCUT2D eigenvalue weighted by Crippen LogP contribution is 2.46. The molecule has 174 valence electrons. The van der Waals surface area contributed by atoms with E-state index in [0.717, 1.165) is 5.69 Å². The van der Waals surface area contributed by atoms with Crippen LogP contribution in [-0.2, 0) is 16.0 Å². The fourth-order valence-electron chi connectivity index (χ4n) is 5.20. The topological polar surface area (TPSA) is 116 Å². The number of hydrogen-bond donors (Lipinski definition) is 1. The highest BCUT2D eigenvalue weighted by molar-refractivity contribution is 7.80. The predicted octanol–water partition coefficient (Wildman–Crippen LogP) is 1.34. The average Bonchev–Trinajstić information content (AvgIpc) is 2.85. The SMILES string of the molecule is CN1C(=O)C2(Cc3cc([N+](=O)[O-])ccc3N3CCN(C(=O)c4ccccc4)CC32)C(=O)NC1=S. The number of nitrogens with one attached hydrogen (secondary N) is 1. The van der Waals surface area contributed by atoms with Gasteiger partial charge in [-0.2, -0.15) is 0 Å². The number of carbonyl (C=O) groups is 3. The van der Waals surface area contributed by atoms with Gasteiger partial charge in [0.25, 0.3) is 11.6 Å². The van der Waals surface area contributed by atoms with E-state index in [9.17, 15) is 24.5 Å². The van der Waals surface area contributed by atoms with Gasteiger partial charge in [-0.05, 0) is 36.0 Å². The molecule has 3 aliphatic heterocycles. The summed E-state index contributed by atoms with van der Waals surface area (Å²) in [6.45, 7) is 0.884. The molecule has 3 aliphatic rings. The van der Waals surface area contributed by atoms with Crippen LogP contribution in [0.4, 0.5) is 11.4 Å². The zero-order valence-corrected chi connectivity index (χ0v) is 19.1. The molecule has 2 unspecified atom stereocenters. The minimum atomic E-state index is -1.59. The Balaban J connectivity index is 1.61. The van der Waals surface area contributed by atoms with E-state index in [1.807, 2.05) is 11.0 Å². The zero-order chi connectivity index (χ0) is 24.2. The van der Waals surface area contributed by atoms with Crippen LogP contribution < -0.4 is 10.2 Å². The van der Waals surface area contributed by atoms with Gasteiger partial charge in [0.05, 0.1) is 11.0 Å². The van der Waals surface area contributed by atoms with E-state index < -0.39 is 28.2 Å². The first kappa shape index (κ1) is 22.0. The quantitative estimate of drug-likeness (QED) is 0.299. The molecule has 0 bridgehead atoms. The summed E-state index contributed by atoms with van der Waals surface area (Å²) in [6.07, 6.45) is -0.0316. The Bertz CT molecular complexity index is 1250. The molecule has 1 spiro atoms. The summed E-state index contributed by atoms with van der Waals surface area (Å²) in [4.78, 5) is 56.0. The number of nitro groups is 1. The van der Waals surface area contributed by atoms with Gasteiger partial charge in [0.15, 0.2) is 10.5 Å².